The van der Waals surface area contributed by atoms with Crippen LogP contribution in [0.2, 0.25) is 0 Å². The van der Waals surface area contributed by atoms with Gasteiger partial charge in [-0.15, -0.1) is 0 Å². The number of aryl methyl sites for hydroxylation is 1. The molecule has 0 spiro atoms. The number of hydrogen-bond donors (Lipinski definition) is 2. The molecule has 1 aliphatic rings. The van der Waals surface area contributed by atoms with E-state index in [1.807, 2.05) is 20.8 Å². The second kappa shape index (κ2) is 8.99. The normalized spacial score (nSPS) is 17.5. The maximum absolute atomic E-state index is 13.7. The van der Waals surface area contributed by atoms with Crippen molar-refractivity contribution in [3.05, 3.63) is 83.1 Å². The molecule has 2 aromatic heterocycles. The zero-order chi connectivity index (χ0) is 25.6. The predicted molar refractivity (Wildman–Crippen MR) is 131 cm³/mol. The number of aromatic amines is 1. The molecule has 1 aliphatic heterocycles. The summed E-state index contributed by atoms with van der Waals surface area (Å²) in [4.78, 5) is 34.8. The molecule has 2 N–H and O–H groups in total. The number of anilines is 1. The molecule has 0 radical (unpaired) electrons. The lowest BCUT2D eigenvalue weighted by Crippen LogP contribution is -2.30. The quantitative estimate of drug-likeness (QED) is 0.217. The van der Waals surface area contributed by atoms with E-state index >= 15 is 0 Å². The summed E-state index contributed by atoms with van der Waals surface area (Å²) >= 11 is 0. The number of fused-ring (bicyclic) bond motifs is 1. The van der Waals surface area contributed by atoms with Crippen molar-refractivity contribution in [2.75, 3.05) is 11.5 Å². The van der Waals surface area contributed by atoms with E-state index in [1.165, 1.54) is 24.5 Å². The number of rotatable bonds is 6. The van der Waals surface area contributed by atoms with Gasteiger partial charge in [0, 0.05) is 5.56 Å². The van der Waals surface area contributed by atoms with Gasteiger partial charge >= 0.3 is 5.91 Å². The molecular weight excluding hydrogens is 465 g/mol. The number of ether oxygens (including phenoxy) is 1. The third kappa shape index (κ3) is 4.02. The van der Waals surface area contributed by atoms with Crippen LogP contribution in [0.1, 0.15) is 36.8 Å². The van der Waals surface area contributed by atoms with Gasteiger partial charge < -0.3 is 19.2 Å². The van der Waals surface area contributed by atoms with Crippen molar-refractivity contribution >= 4 is 34.4 Å². The molecule has 0 aliphatic carbocycles. The number of aromatic nitrogens is 2. The number of Topliss-reactive ketones (excluding diaryl/α,β-unsaturated/α-hetero) is 1. The highest BCUT2D eigenvalue weighted by molar-refractivity contribution is 6.51. The molecule has 1 atom stereocenters. The monoisotopic (exact) mass is 489 g/mol. The Morgan fingerprint density at radius 3 is 2.72 bits per heavy atom. The highest BCUT2D eigenvalue weighted by Crippen LogP contribution is 2.42. The van der Waals surface area contributed by atoms with Gasteiger partial charge in [0.25, 0.3) is 5.78 Å². The molecule has 1 amide bonds. The first-order valence-electron chi connectivity index (χ1n) is 11.5. The van der Waals surface area contributed by atoms with Gasteiger partial charge in [-0.2, -0.15) is 0 Å². The first-order valence-corrected chi connectivity index (χ1v) is 11.5. The first-order chi connectivity index (χ1) is 17.2. The number of hydrogen-bond acceptors (Lipinski definition) is 6. The van der Waals surface area contributed by atoms with E-state index < -0.39 is 23.5 Å². The van der Waals surface area contributed by atoms with E-state index in [1.54, 1.807) is 30.3 Å². The molecule has 184 valence electrons. The summed E-state index contributed by atoms with van der Waals surface area (Å²) in [6.07, 6.45) is 1.41. The fourth-order valence-electron chi connectivity index (χ4n) is 4.22. The molecule has 1 saturated heterocycles. The first kappa shape index (κ1) is 23.3. The third-order valence-electron chi connectivity index (χ3n) is 5.94. The number of carbonyl (C=O) groups excluding carboxylic acids is 2. The fourth-order valence-corrected chi connectivity index (χ4v) is 4.22. The average Bonchev–Trinajstić information content (AvgIpc) is 3.56. The van der Waals surface area contributed by atoms with E-state index in [4.69, 9.17) is 9.15 Å². The smallest absolute Gasteiger partial charge is 0.302 e. The lowest BCUT2D eigenvalue weighted by Gasteiger charge is -2.20. The number of furan rings is 1. The minimum atomic E-state index is -1.08. The zero-order valence-electron chi connectivity index (χ0n) is 19.9. The lowest BCUT2D eigenvalue weighted by molar-refractivity contribution is -0.132. The van der Waals surface area contributed by atoms with E-state index in [9.17, 15) is 19.1 Å². The van der Waals surface area contributed by atoms with Gasteiger partial charge in [0.1, 0.15) is 29.1 Å². The minimum absolute atomic E-state index is 0.0340. The van der Waals surface area contributed by atoms with Gasteiger partial charge in [-0.05, 0) is 66.9 Å². The molecule has 1 fully saturated rings. The number of aliphatic hydroxyl groups excluding tert-OH is 1. The predicted octanol–water partition coefficient (Wildman–Crippen LogP) is 5.26. The summed E-state index contributed by atoms with van der Waals surface area (Å²) in [5.41, 5.74) is 1.75. The molecule has 2 aromatic carbocycles. The van der Waals surface area contributed by atoms with Gasteiger partial charge in [-0.1, -0.05) is 13.8 Å². The van der Waals surface area contributed by atoms with Crippen molar-refractivity contribution in [1.29, 1.82) is 0 Å². The Morgan fingerprint density at radius 1 is 1.22 bits per heavy atom. The van der Waals surface area contributed by atoms with Crippen molar-refractivity contribution in [1.82, 2.24) is 9.97 Å². The number of ketones is 1. The number of amides is 1. The molecule has 36 heavy (non-hydrogen) atoms. The summed E-state index contributed by atoms with van der Waals surface area (Å²) in [5, 5.41) is 11.3. The summed E-state index contributed by atoms with van der Waals surface area (Å²) < 4.78 is 25.1. The number of halogens is 1. The van der Waals surface area contributed by atoms with Crippen LogP contribution in [0.15, 0.2) is 64.8 Å². The number of nitrogens with one attached hydrogen (secondary N) is 1. The van der Waals surface area contributed by atoms with Gasteiger partial charge in [0.05, 0.1) is 29.5 Å². The number of H-pyrrole nitrogens is 1. The zero-order valence-corrected chi connectivity index (χ0v) is 19.9. The summed E-state index contributed by atoms with van der Waals surface area (Å²) in [5.74, 6) is -1.31. The Labute approximate surface area is 206 Å². The van der Waals surface area contributed by atoms with Gasteiger partial charge in [0.15, 0.2) is 0 Å². The maximum atomic E-state index is 13.7. The highest BCUT2D eigenvalue weighted by Gasteiger charge is 2.49. The van der Waals surface area contributed by atoms with Crippen molar-refractivity contribution in [2.24, 2.45) is 5.92 Å². The molecule has 4 aromatic rings. The van der Waals surface area contributed by atoms with Crippen LogP contribution < -0.4 is 9.64 Å². The van der Waals surface area contributed by atoms with Crippen LogP contribution in [0, 0.1) is 18.7 Å². The number of carbonyl (C=O) groups is 2. The lowest BCUT2D eigenvalue weighted by atomic mass is 9.98. The molecule has 1 unspecified atom stereocenters. The van der Waals surface area contributed by atoms with Crippen molar-refractivity contribution < 1.29 is 28.2 Å². The second-order valence-corrected chi connectivity index (χ2v) is 9.09. The third-order valence-corrected chi connectivity index (χ3v) is 5.94. The van der Waals surface area contributed by atoms with Crippen LogP contribution in [0.25, 0.3) is 16.8 Å². The Kier molecular flexibility index (Phi) is 5.83. The number of aliphatic hydroxyl groups is 1. The van der Waals surface area contributed by atoms with E-state index in [2.05, 4.69) is 9.97 Å². The van der Waals surface area contributed by atoms with E-state index in [0.29, 0.717) is 34.9 Å². The van der Waals surface area contributed by atoms with Gasteiger partial charge in [-0.3, -0.25) is 14.5 Å². The Bertz CT molecular complexity index is 1500. The number of imidazole rings is 1. The molecule has 9 heteroatoms. The number of nitrogens with zero attached hydrogens (tertiary/aromatic N) is 2. The summed E-state index contributed by atoms with van der Waals surface area (Å²) in [6, 6.07) is 11.2. The van der Waals surface area contributed by atoms with Crippen LogP contribution in [-0.2, 0) is 9.59 Å². The Hall–Kier alpha value is -4.40. The minimum Gasteiger partial charge on any atom is -0.507 e. The standard InChI is InChI=1S/C27H24FN3O5/c1-14(2)13-36-20-9-6-16(11-15(20)3)24(32)22-23(21-5-4-10-35-21)31(26(34)25(22)33)27-29-18-8-7-17(28)12-19(18)30-27/h4-12,14,23,32H,13H2,1-3H3,(H,29,30)/b24-22+. The van der Waals surface area contributed by atoms with Crippen molar-refractivity contribution in [2.45, 2.75) is 26.8 Å². The largest absolute Gasteiger partial charge is 0.507 e. The van der Waals surface area contributed by atoms with Crippen LogP contribution in [0.4, 0.5) is 10.3 Å². The topological polar surface area (TPSA) is 109 Å². The highest BCUT2D eigenvalue weighted by atomic mass is 19.1. The summed E-state index contributed by atoms with van der Waals surface area (Å²) in [6.45, 7) is 6.46. The number of benzene rings is 2. The van der Waals surface area contributed by atoms with Gasteiger partial charge in [0.2, 0.25) is 5.95 Å². The molecule has 0 bridgehead atoms. The molecule has 8 nitrogen and oxygen atoms in total. The van der Waals surface area contributed by atoms with E-state index in [0.717, 1.165) is 10.5 Å². The van der Waals surface area contributed by atoms with Gasteiger partial charge in [-0.25, -0.2) is 9.37 Å². The van der Waals surface area contributed by atoms with Crippen LogP contribution >= 0.6 is 0 Å². The second-order valence-electron chi connectivity index (χ2n) is 9.09. The molecule has 0 saturated carbocycles. The van der Waals surface area contributed by atoms with Crippen LogP contribution in [-0.4, -0.2) is 33.4 Å². The fraction of sp³-hybridized carbons (Fsp3) is 0.222. The SMILES string of the molecule is Cc1cc(/C(O)=C2\C(=O)C(=O)N(c3nc4ccc(F)cc4[nH]3)C2c2ccco2)ccc1OCC(C)C. The van der Waals surface area contributed by atoms with E-state index in [-0.39, 0.29) is 23.0 Å². The summed E-state index contributed by atoms with van der Waals surface area (Å²) in [7, 11) is 0. The average molecular weight is 490 g/mol. The Balaban J connectivity index is 1.61. The van der Waals surface area contributed by atoms with Crippen LogP contribution in [0.5, 0.6) is 5.75 Å². The maximum Gasteiger partial charge on any atom is 0.302 e. The molecule has 3 heterocycles. The van der Waals surface area contributed by atoms with Crippen molar-refractivity contribution in [3.8, 4) is 5.75 Å². The van der Waals surface area contributed by atoms with Crippen molar-refractivity contribution in [3.63, 3.8) is 0 Å². The molecular formula is C27H24FN3O5. The molecule has 5 rings (SSSR count). The Morgan fingerprint density at radius 2 is 2.03 bits per heavy atom. The van der Waals surface area contributed by atoms with Crippen LogP contribution in [0.3, 0.4) is 0 Å².